The number of benzene rings is 3. The van der Waals surface area contributed by atoms with Gasteiger partial charge in [0.25, 0.3) is 0 Å². The lowest BCUT2D eigenvalue weighted by atomic mass is 9.77. The van der Waals surface area contributed by atoms with Gasteiger partial charge >= 0.3 is 8.24 Å². The summed E-state index contributed by atoms with van der Waals surface area (Å²) in [5.41, 5.74) is 9.45. The summed E-state index contributed by atoms with van der Waals surface area (Å²) in [6, 6.07) is 13.4. The standard InChI is InChI=1S/C42H61O4P/c1-26-20-27(32(25-35(26)43)40(8,9)10)18-17-19-44-47-45-36-30(21-28(38(2,3)4)23-33(36)41(11,12)13)31-22-29(39(5,6)7)24-34(37(31)46-47)42(14,15)16/h20-25,43H,17-19H2,1-16H3. The van der Waals surface area contributed by atoms with Crippen molar-refractivity contribution >= 4 is 30.2 Å². The number of hydrogen-bond acceptors (Lipinski definition) is 4. The molecule has 258 valence electrons. The fraction of sp³-hybridized carbons (Fsp3) is 0.571. The summed E-state index contributed by atoms with van der Waals surface area (Å²) in [7, 11) is -1.74. The Morgan fingerprint density at radius 1 is 0.574 bits per heavy atom. The predicted octanol–water partition coefficient (Wildman–Crippen LogP) is 12.9. The Kier molecular flexibility index (Phi) is 10.00. The van der Waals surface area contributed by atoms with Crippen LogP contribution in [0.5, 0.6) is 5.75 Å². The summed E-state index contributed by atoms with van der Waals surface area (Å²) in [4.78, 5) is 0. The van der Waals surface area contributed by atoms with Crippen LogP contribution >= 0.6 is 8.24 Å². The number of aryl methyl sites for hydroxylation is 2. The molecule has 1 heterocycles. The number of fused-ring (bicyclic) bond motifs is 3. The molecule has 1 aromatic heterocycles. The largest absolute Gasteiger partial charge is 0.508 e. The van der Waals surface area contributed by atoms with E-state index in [0.717, 1.165) is 40.3 Å². The average molecular weight is 661 g/mol. The molecule has 0 fully saturated rings. The molecule has 47 heavy (non-hydrogen) atoms. The van der Waals surface area contributed by atoms with Crippen LogP contribution in [0.1, 0.15) is 149 Å². The molecule has 3 aromatic carbocycles. The van der Waals surface area contributed by atoms with Gasteiger partial charge in [-0.25, -0.2) is 0 Å². The first-order chi connectivity index (χ1) is 21.3. The summed E-state index contributed by atoms with van der Waals surface area (Å²) in [6.07, 6.45) is 1.65. The maximum atomic E-state index is 10.4. The minimum absolute atomic E-state index is 0.0451. The SMILES string of the molecule is Cc1cc(CCCOp2oc3c(C(C)(C)C)cc(C(C)(C)C)cc3c3cc(C(C)(C)C)cc(C(C)(C)C)c3o2)c(C(C)(C)C)cc1O. The van der Waals surface area contributed by atoms with Gasteiger partial charge in [0.15, 0.2) is 0 Å². The average Bonchev–Trinajstić information content (AvgIpc) is 3.05. The molecule has 0 saturated heterocycles. The number of hydrogen-bond donors (Lipinski definition) is 1. The monoisotopic (exact) mass is 660 g/mol. The number of aromatic hydroxyl groups is 1. The van der Waals surface area contributed by atoms with Crippen molar-refractivity contribution in [2.75, 3.05) is 6.61 Å². The van der Waals surface area contributed by atoms with Gasteiger partial charge in [0.1, 0.15) is 16.9 Å². The highest BCUT2D eigenvalue weighted by Gasteiger charge is 2.29. The summed E-state index contributed by atoms with van der Waals surface area (Å²) in [6.45, 7) is 36.2. The number of rotatable bonds is 5. The van der Waals surface area contributed by atoms with Crippen LogP contribution in [0.3, 0.4) is 0 Å². The molecule has 4 rings (SSSR count). The summed E-state index contributed by atoms with van der Waals surface area (Å²) in [5, 5.41) is 12.6. The minimum Gasteiger partial charge on any atom is -0.508 e. The molecule has 0 spiro atoms. The van der Waals surface area contributed by atoms with Crippen molar-refractivity contribution < 1.29 is 18.0 Å². The van der Waals surface area contributed by atoms with Gasteiger partial charge in [0.05, 0.1) is 6.61 Å². The Hall–Kier alpha value is -2.68. The zero-order chi connectivity index (χ0) is 35.5. The van der Waals surface area contributed by atoms with Gasteiger partial charge in [-0.2, -0.15) is 0 Å². The van der Waals surface area contributed by atoms with Crippen molar-refractivity contribution in [3.05, 3.63) is 75.3 Å². The van der Waals surface area contributed by atoms with Gasteiger partial charge in [-0.05, 0) is 92.9 Å². The van der Waals surface area contributed by atoms with Crippen LogP contribution in [0.4, 0.5) is 0 Å². The second-order valence-corrected chi connectivity index (χ2v) is 19.8. The lowest BCUT2D eigenvalue weighted by molar-refractivity contribution is 0.363. The molecule has 0 aliphatic carbocycles. The van der Waals surface area contributed by atoms with E-state index < -0.39 is 8.24 Å². The second-order valence-electron chi connectivity index (χ2n) is 18.7. The first kappa shape index (κ1) is 37.1. The van der Waals surface area contributed by atoms with E-state index in [0.29, 0.717) is 12.4 Å². The Balaban J connectivity index is 1.97. The van der Waals surface area contributed by atoms with Crippen LogP contribution in [0.15, 0.2) is 44.8 Å². The van der Waals surface area contributed by atoms with Gasteiger partial charge in [-0.15, -0.1) is 0 Å². The van der Waals surface area contributed by atoms with E-state index >= 15 is 0 Å². The van der Waals surface area contributed by atoms with Gasteiger partial charge in [0, 0.05) is 21.9 Å². The van der Waals surface area contributed by atoms with E-state index in [1.165, 1.54) is 33.4 Å². The molecule has 1 N–H and O–H groups in total. The molecule has 4 aromatic rings. The van der Waals surface area contributed by atoms with E-state index in [-0.39, 0.29) is 27.1 Å². The molecular weight excluding hydrogens is 599 g/mol. The van der Waals surface area contributed by atoms with E-state index in [1.54, 1.807) is 0 Å². The highest BCUT2D eigenvalue weighted by molar-refractivity contribution is 7.31. The van der Waals surface area contributed by atoms with Gasteiger partial charge in [0.2, 0.25) is 0 Å². The maximum absolute atomic E-state index is 10.4. The highest BCUT2D eigenvalue weighted by Crippen LogP contribution is 2.45. The molecule has 0 amide bonds. The minimum atomic E-state index is -1.74. The molecule has 0 atom stereocenters. The number of phenolic OH excluding ortho intramolecular Hbond substituents is 1. The number of phenols is 1. The lowest BCUT2D eigenvalue weighted by Crippen LogP contribution is -2.17. The zero-order valence-corrected chi connectivity index (χ0v) is 33.1. The van der Waals surface area contributed by atoms with Crippen LogP contribution in [0.2, 0.25) is 0 Å². The summed E-state index contributed by atoms with van der Waals surface area (Å²) < 4.78 is 20.4. The zero-order valence-electron chi connectivity index (χ0n) is 32.2. The summed E-state index contributed by atoms with van der Waals surface area (Å²) in [5.74, 6) is 0.351. The molecule has 0 radical (unpaired) electrons. The van der Waals surface area contributed by atoms with Crippen molar-refractivity contribution in [3.63, 3.8) is 0 Å². The molecular formula is C42H61O4P. The van der Waals surface area contributed by atoms with Crippen molar-refractivity contribution in [2.45, 2.75) is 151 Å². The van der Waals surface area contributed by atoms with E-state index in [2.05, 4.69) is 134 Å². The van der Waals surface area contributed by atoms with E-state index in [9.17, 15) is 5.11 Å². The van der Waals surface area contributed by atoms with Gasteiger partial charge in [-0.3, -0.25) is 4.52 Å². The topological polar surface area (TPSA) is 55.7 Å². The Morgan fingerprint density at radius 2 is 1.00 bits per heavy atom. The van der Waals surface area contributed by atoms with Gasteiger partial charge in [-0.1, -0.05) is 122 Å². The van der Waals surface area contributed by atoms with Gasteiger partial charge < -0.3 is 13.5 Å². The molecule has 0 aliphatic rings. The van der Waals surface area contributed by atoms with Crippen LogP contribution in [-0.4, -0.2) is 11.7 Å². The van der Waals surface area contributed by atoms with E-state index in [4.69, 9.17) is 12.9 Å². The van der Waals surface area contributed by atoms with E-state index in [1.807, 2.05) is 13.0 Å². The second kappa shape index (κ2) is 12.6. The molecule has 0 saturated carbocycles. The first-order valence-electron chi connectivity index (χ1n) is 17.3. The lowest BCUT2D eigenvalue weighted by Gasteiger charge is -2.27. The van der Waals surface area contributed by atoms with Crippen molar-refractivity contribution in [1.29, 1.82) is 0 Å². The highest BCUT2D eigenvalue weighted by atomic mass is 31.1. The molecule has 4 nitrogen and oxygen atoms in total. The first-order valence-corrected chi connectivity index (χ1v) is 18.4. The van der Waals surface area contributed by atoms with Crippen molar-refractivity contribution in [1.82, 2.24) is 0 Å². The normalized spacial score (nSPS) is 13.5. The molecule has 0 bridgehead atoms. The fourth-order valence-electron chi connectivity index (χ4n) is 6.12. The third-order valence-electron chi connectivity index (χ3n) is 9.16. The molecule has 0 unspecified atom stereocenters. The Labute approximate surface area is 285 Å². The van der Waals surface area contributed by atoms with Crippen molar-refractivity contribution in [3.8, 4) is 5.75 Å². The summed E-state index contributed by atoms with van der Waals surface area (Å²) >= 11 is 0. The van der Waals surface area contributed by atoms with Crippen LogP contribution in [0, 0.1) is 6.92 Å². The van der Waals surface area contributed by atoms with Crippen molar-refractivity contribution in [2.24, 2.45) is 0 Å². The van der Waals surface area contributed by atoms with Crippen LogP contribution in [0.25, 0.3) is 21.9 Å². The third-order valence-corrected chi connectivity index (χ3v) is 10.2. The van der Waals surface area contributed by atoms with Crippen LogP contribution in [-0.2, 0) is 33.5 Å². The predicted molar refractivity (Wildman–Crippen MR) is 202 cm³/mol. The Bertz CT molecular complexity index is 1710. The Morgan fingerprint density at radius 3 is 1.38 bits per heavy atom. The molecule has 5 heteroatoms. The fourth-order valence-corrected chi connectivity index (χ4v) is 7.23. The third kappa shape index (κ3) is 8.31. The maximum Gasteiger partial charge on any atom is 0.387 e. The molecule has 0 aliphatic heterocycles. The van der Waals surface area contributed by atoms with Crippen LogP contribution < -0.4 is 4.52 Å². The quantitative estimate of drug-likeness (QED) is 0.216. The smallest absolute Gasteiger partial charge is 0.387 e.